The van der Waals surface area contributed by atoms with Crippen molar-refractivity contribution in [3.8, 4) is 5.75 Å². The Kier molecular flexibility index (Phi) is 4.10. The molecular formula is C14H14N2O3. The maximum Gasteiger partial charge on any atom is 0.260 e. The van der Waals surface area contributed by atoms with Gasteiger partial charge in [0.05, 0.1) is 25.0 Å². The van der Waals surface area contributed by atoms with Gasteiger partial charge in [0.25, 0.3) is 5.91 Å². The molecule has 0 radical (unpaired) electrons. The highest BCUT2D eigenvalue weighted by atomic mass is 16.5. The molecule has 0 atom stereocenters. The number of anilines is 1. The van der Waals surface area contributed by atoms with E-state index in [4.69, 9.17) is 9.84 Å². The van der Waals surface area contributed by atoms with E-state index in [2.05, 4.69) is 10.3 Å². The van der Waals surface area contributed by atoms with Gasteiger partial charge in [-0.3, -0.25) is 4.79 Å². The maximum absolute atomic E-state index is 12.1. The second kappa shape index (κ2) is 5.97. The smallest absolute Gasteiger partial charge is 0.260 e. The van der Waals surface area contributed by atoms with Crippen LogP contribution in [0.1, 0.15) is 16.1 Å². The number of aliphatic hydroxyl groups excluding tert-OH is 1. The Morgan fingerprint density at radius 2 is 2.05 bits per heavy atom. The number of carbonyl (C=O) groups excluding carboxylic acids is 1. The number of rotatable bonds is 4. The molecule has 1 heterocycles. The van der Waals surface area contributed by atoms with Gasteiger partial charge in [-0.1, -0.05) is 18.2 Å². The molecule has 0 bridgehead atoms. The molecule has 1 aromatic carbocycles. The molecule has 98 valence electrons. The van der Waals surface area contributed by atoms with Gasteiger partial charge < -0.3 is 15.2 Å². The fourth-order valence-corrected chi connectivity index (χ4v) is 1.65. The van der Waals surface area contributed by atoms with Gasteiger partial charge >= 0.3 is 0 Å². The van der Waals surface area contributed by atoms with E-state index >= 15 is 0 Å². The summed E-state index contributed by atoms with van der Waals surface area (Å²) in [5, 5.41) is 11.7. The molecule has 0 spiro atoms. The Balaban J connectivity index is 2.20. The number of carbonyl (C=O) groups is 1. The highest BCUT2D eigenvalue weighted by molar-refractivity contribution is 6.05. The van der Waals surface area contributed by atoms with Crippen molar-refractivity contribution in [2.24, 2.45) is 0 Å². The summed E-state index contributed by atoms with van der Waals surface area (Å²) < 4.78 is 5.13. The highest BCUT2D eigenvalue weighted by Crippen LogP contribution is 2.18. The fourth-order valence-electron chi connectivity index (χ4n) is 1.65. The minimum Gasteiger partial charge on any atom is -0.496 e. The minimum atomic E-state index is -0.306. The molecule has 5 nitrogen and oxygen atoms in total. The van der Waals surface area contributed by atoms with Crippen LogP contribution in [0.3, 0.4) is 0 Å². The number of nitrogens with one attached hydrogen (secondary N) is 1. The maximum atomic E-state index is 12.1. The first-order valence-electron chi connectivity index (χ1n) is 5.75. The number of para-hydroxylation sites is 1. The van der Waals surface area contributed by atoms with Crippen LogP contribution >= 0.6 is 0 Å². The van der Waals surface area contributed by atoms with Gasteiger partial charge in [0.1, 0.15) is 11.6 Å². The molecule has 19 heavy (non-hydrogen) atoms. The molecule has 0 saturated heterocycles. The third-order valence-corrected chi connectivity index (χ3v) is 2.56. The summed E-state index contributed by atoms with van der Waals surface area (Å²) in [4.78, 5) is 16.2. The molecule has 0 fully saturated rings. The third-order valence-electron chi connectivity index (χ3n) is 2.56. The van der Waals surface area contributed by atoms with Crippen molar-refractivity contribution in [2.45, 2.75) is 6.61 Å². The second-order valence-electron chi connectivity index (χ2n) is 3.83. The van der Waals surface area contributed by atoms with Crippen LogP contribution in [-0.4, -0.2) is 23.1 Å². The molecule has 0 aliphatic heterocycles. The Morgan fingerprint density at radius 3 is 2.79 bits per heavy atom. The monoisotopic (exact) mass is 258 g/mol. The molecule has 0 unspecified atom stereocenters. The fraction of sp³-hybridized carbons (Fsp3) is 0.143. The average Bonchev–Trinajstić information content (AvgIpc) is 2.47. The summed E-state index contributed by atoms with van der Waals surface area (Å²) in [5.74, 6) is 0.584. The molecular weight excluding hydrogens is 244 g/mol. The lowest BCUT2D eigenvalue weighted by molar-refractivity contribution is 0.102. The number of hydrogen-bond donors (Lipinski definition) is 2. The van der Waals surface area contributed by atoms with Crippen molar-refractivity contribution in [3.05, 3.63) is 53.7 Å². The van der Waals surface area contributed by atoms with E-state index in [1.165, 1.54) is 7.11 Å². The number of benzene rings is 1. The summed E-state index contributed by atoms with van der Waals surface area (Å²) in [6.45, 7) is -0.168. The molecule has 1 aromatic heterocycles. The van der Waals surface area contributed by atoms with Crippen molar-refractivity contribution in [1.29, 1.82) is 0 Å². The van der Waals surface area contributed by atoms with E-state index in [0.717, 1.165) is 0 Å². The van der Waals surface area contributed by atoms with Gasteiger partial charge in [0.15, 0.2) is 0 Å². The first-order valence-corrected chi connectivity index (χ1v) is 5.75. The molecule has 0 aliphatic carbocycles. The quantitative estimate of drug-likeness (QED) is 0.877. The van der Waals surface area contributed by atoms with Crippen LogP contribution in [0.5, 0.6) is 5.75 Å². The SMILES string of the molecule is COc1ccccc1C(=O)Nc1cccc(CO)n1. The predicted octanol–water partition coefficient (Wildman–Crippen LogP) is 1.83. The number of hydrogen-bond acceptors (Lipinski definition) is 4. The Morgan fingerprint density at radius 1 is 1.26 bits per heavy atom. The average molecular weight is 258 g/mol. The van der Waals surface area contributed by atoms with Crippen molar-refractivity contribution >= 4 is 11.7 Å². The Labute approximate surface area is 110 Å². The van der Waals surface area contributed by atoms with Crippen LogP contribution in [0.4, 0.5) is 5.82 Å². The van der Waals surface area contributed by atoms with Crippen molar-refractivity contribution in [1.82, 2.24) is 4.98 Å². The largest absolute Gasteiger partial charge is 0.496 e. The van der Waals surface area contributed by atoms with Crippen molar-refractivity contribution in [2.75, 3.05) is 12.4 Å². The number of ether oxygens (including phenoxy) is 1. The zero-order valence-corrected chi connectivity index (χ0v) is 10.5. The van der Waals surface area contributed by atoms with Crippen LogP contribution in [0, 0.1) is 0 Å². The number of aromatic nitrogens is 1. The predicted molar refractivity (Wildman–Crippen MR) is 71.1 cm³/mol. The summed E-state index contributed by atoms with van der Waals surface area (Å²) >= 11 is 0. The van der Waals surface area contributed by atoms with Gasteiger partial charge in [0, 0.05) is 0 Å². The van der Waals surface area contributed by atoms with Gasteiger partial charge in [0.2, 0.25) is 0 Å². The van der Waals surface area contributed by atoms with Gasteiger partial charge in [-0.05, 0) is 24.3 Å². The number of aliphatic hydroxyl groups is 1. The standard InChI is InChI=1S/C14H14N2O3/c1-19-12-7-3-2-6-11(12)14(18)16-13-8-4-5-10(9-17)15-13/h2-8,17H,9H2,1H3,(H,15,16,18). The van der Waals surface area contributed by atoms with E-state index in [0.29, 0.717) is 22.8 Å². The lowest BCUT2D eigenvalue weighted by Crippen LogP contribution is -2.14. The van der Waals surface area contributed by atoms with Crippen LogP contribution in [0.2, 0.25) is 0 Å². The summed E-state index contributed by atoms with van der Waals surface area (Å²) in [6, 6.07) is 12.0. The van der Waals surface area contributed by atoms with Crippen LogP contribution in [0.25, 0.3) is 0 Å². The first kappa shape index (κ1) is 13.0. The number of amides is 1. The molecule has 5 heteroatoms. The normalized spacial score (nSPS) is 10.0. The lowest BCUT2D eigenvalue weighted by Gasteiger charge is -2.09. The summed E-state index contributed by atoms with van der Waals surface area (Å²) in [6.07, 6.45) is 0. The van der Waals surface area contributed by atoms with E-state index in [1.807, 2.05) is 0 Å². The van der Waals surface area contributed by atoms with E-state index < -0.39 is 0 Å². The summed E-state index contributed by atoms with van der Waals surface area (Å²) in [5.41, 5.74) is 0.930. The molecule has 2 N–H and O–H groups in total. The zero-order chi connectivity index (χ0) is 13.7. The number of methoxy groups -OCH3 is 1. The molecule has 0 aliphatic rings. The number of pyridine rings is 1. The zero-order valence-electron chi connectivity index (χ0n) is 10.5. The topological polar surface area (TPSA) is 71.5 Å². The lowest BCUT2D eigenvalue weighted by atomic mass is 10.2. The van der Waals surface area contributed by atoms with Crippen LogP contribution in [-0.2, 0) is 6.61 Å². The minimum absolute atomic E-state index is 0.168. The third kappa shape index (κ3) is 3.08. The van der Waals surface area contributed by atoms with Crippen LogP contribution < -0.4 is 10.1 Å². The highest BCUT2D eigenvalue weighted by Gasteiger charge is 2.12. The first-order chi connectivity index (χ1) is 9.24. The summed E-state index contributed by atoms with van der Waals surface area (Å²) in [7, 11) is 1.51. The van der Waals surface area contributed by atoms with Crippen LogP contribution in [0.15, 0.2) is 42.5 Å². The van der Waals surface area contributed by atoms with Gasteiger partial charge in [-0.25, -0.2) is 4.98 Å². The van der Waals surface area contributed by atoms with Gasteiger partial charge in [-0.2, -0.15) is 0 Å². The van der Waals surface area contributed by atoms with Crippen molar-refractivity contribution in [3.63, 3.8) is 0 Å². The van der Waals surface area contributed by atoms with Gasteiger partial charge in [-0.15, -0.1) is 0 Å². The second-order valence-corrected chi connectivity index (χ2v) is 3.83. The van der Waals surface area contributed by atoms with Crippen molar-refractivity contribution < 1.29 is 14.6 Å². The molecule has 0 saturated carbocycles. The Hall–Kier alpha value is -2.40. The van der Waals surface area contributed by atoms with E-state index in [9.17, 15) is 4.79 Å². The molecule has 2 rings (SSSR count). The van der Waals surface area contributed by atoms with E-state index in [1.54, 1.807) is 42.5 Å². The Bertz CT molecular complexity index is 584. The number of nitrogens with zero attached hydrogens (tertiary/aromatic N) is 1. The molecule has 1 amide bonds. The van der Waals surface area contributed by atoms with E-state index in [-0.39, 0.29) is 12.5 Å². The molecule has 2 aromatic rings.